The number of aromatic carboxylic acids is 1. The van der Waals surface area contributed by atoms with E-state index in [0.29, 0.717) is 12.4 Å². The van der Waals surface area contributed by atoms with Crippen LogP contribution in [0.3, 0.4) is 0 Å². The highest BCUT2D eigenvalue weighted by Gasteiger charge is 2.08. The van der Waals surface area contributed by atoms with E-state index in [4.69, 9.17) is 5.11 Å². The zero-order valence-corrected chi connectivity index (χ0v) is 12.0. The highest BCUT2D eigenvalue weighted by molar-refractivity contribution is 5.88. The van der Waals surface area contributed by atoms with Crippen LogP contribution in [0.15, 0.2) is 36.7 Å². The molecule has 0 aliphatic rings. The lowest BCUT2D eigenvalue weighted by atomic mass is 10.1. The van der Waals surface area contributed by atoms with Gasteiger partial charge in [0.15, 0.2) is 0 Å². The molecule has 0 fully saturated rings. The van der Waals surface area contributed by atoms with Gasteiger partial charge in [-0.3, -0.25) is 4.98 Å². The largest absolute Gasteiger partial charge is 0.478 e. The molecule has 0 aromatic carbocycles. The van der Waals surface area contributed by atoms with Crippen molar-refractivity contribution in [2.75, 3.05) is 11.9 Å². The summed E-state index contributed by atoms with van der Waals surface area (Å²) in [4.78, 5) is 19.7. The van der Waals surface area contributed by atoms with E-state index in [1.54, 1.807) is 18.3 Å². The third-order valence-corrected chi connectivity index (χ3v) is 3.07. The number of nitrogens with zero attached hydrogens (tertiary/aromatic N) is 2. The zero-order chi connectivity index (χ0) is 15.1. The van der Waals surface area contributed by atoms with Crippen LogP contribution >= 0.6 is 0 Å². The second kappa shape index (κ2) is 7.38. The lowest BCUT2D eigenvalue weighted by molar-refractivity contribution is 0.0696. The summed E-state index contributed by atoms with van der Waals surface area (Å²) in [5.41, 5.74) is 2.21. The minimum atomic E-state index is -0.926. The van der Waals surface area contributed by atoms with Crippen LogP contribution in [0.1, 0.15) is 35.0 Å². The fourth-order valence-corrected chi connectivity index (χ4v) is 2.07. The van der Waals surface area contributed by atoms with E-state index in [1.807, 2.05) is 25.3 Å². The summed E-state index contributed by atoms with van der Waals surface area (Å²) in [6, 6.07) is 7.12. The second-order valence-corrected chi connectivity index (χ2v) is 4.83. The number of carboxylic acids is 1. The first kappa shape index (κ1) is 15.0. The molecule has 0 saturated heterocycles. The van der Waals surface area contributed by atoms with Crippen molar-refractivity contribution in [3.05, 3.63) is 53.5 Å². The fourth-order valence-electron chi connectivity index (χ4n) is 2.07. The Morgan fingerprint density at radius 1 is 1.33 bits per heavy atom. The van der Waals surface area contributed by atoms with Gasteiger partial charge in [-0.15, -0.1) is 0 Å². The maximum Gasteiger partial charge on any atom is 0.335 e. The van der Waals surface area contributed by atoms with E-state index >= 15 is 0 Å². The number of carbonyl (C=O) groups is 1. The van der Waals surface area contributed by atoms with Gasteiger partial charge in [0.05, 0.1) is 5.56 Å². The maximum absolute atomic E-state index is 11.1. The molecule has 2 aromatic rings. The smallest absolute Gasteiger partial charge is 0.335 e. The summed E-state index contributed by atoms with van der Waals surface area (Å²) in [6.07, 6.45) is 6.09. The van der Waals surface area contributed by atoms with Crippen LogP contribution in [0.25, 0.3) is 0 Å². The third kappa shape index (κ3) is 4.56. The Morgan fingerprint density at radius 2 is 2.19 bits per heavy atom. The molecule has 5 nitrogen and oxygen atoms in total. The second-order valence-electron chi connectivity index (χ2n) is 4.83. The summed E-state index contributed by atoms with van der Waals surface area (Å²) in [5.74, 6) is -0.313. The lowest BCUT2D eigenvalue weighted by Crippen LogP contribution is -2.09. The van der Waals surface area contributed by atoms with E-state index in [2.05, 4.69) is 15.3 Å². The zero-order valence-electron chi connectivity index (χ0n) is 12.0. The van der Waals surface area contributed by atoms with Gasteiger partial charge in [0.2, 0.25) is 0 Å². The van der Waals surface area contributed by atoms with Gasteiger partial charge in [0.25, 0.3) is 0 Å². The van der Waals surface area contributed by atoms with E-state index in [-0.39, 0.29) is 5.56 Å². The number of nitrogens with one attached hydrogen (secondary N) is 1. The average molecular weight is 285 g/mol. The highest BCUT2D eigenvalue weighted by Crippen LogP contribution is 2.12. The Kier molecular flexibility index (Phi) is 5.26. The van der Waals surface area contributed by atoms with Crippen LogP contribution in [-0.2, 0) is 12.8 Å². The first-order chi connectivity index (χ1) is 10.2. The first-order valence-electron chi connectivity index (χ1n) is 7.06. The summed E-state index contributed by atoms with van der Waals surface area (Å²) in [7, 11) is 0. The molecule has 0 saturated carbocycles. The Balaban J connectivity index is 2.03. The predicted octanol–water partition coefficient (Wildman–Crippen LogP) is 2.78. The van der Waals surface area contributed by atoms with E-state index < -0.39 is 5.97 Å². The number of pyridine rings is 2. The molecule has 0 atom stereocenters. The number of carboxylic acid groups (broad SMARTS) is 1. The Bertz CT molecular complexity index is 600. The molecule has 0 aliphatic heterocycles. The predicted molar refractivity (Wildman–Crippen MR) is 81.6 cm³/mol. The molecule has 2 heterocycles. The SMILES string of the molecule is CCCc1cc(C(=O)O)cc(NCCc2cccnc2)n1. The normalized spacial score (nSPS) is 10.3. The minimum Gasteiger partial charge on any atom is -0.478 e. The molecular formula is C16H19N3O2. The minimum absolute atomic E-state index is 0.275. The van der Waals surface area contributed by atoms with Gasteiger partial charge in [-0.1, -0.05) is 19.4 Å². The van der Waals surface area contributed by atoms with Crippen LogP contribution < -0.4 is 5.32 Å². The van der Waals surface area contributed by atoms with Crippen molar-refractivity contribution in [2.45, 2.75) is 26.2 Å². The van der Waals surface area contributed by atoms with Gasteiger partial charge in [0, 0.05) is 24.6 Å². The lowest BCUT2D eigenvalue weighted by Gasteiger charge is -2.09. The Labute approximate surface area is 124 Å². The number of hydrogen-bond acceptors (Lipinski definition) is 4. The molecule has 2 aromatic heterocycles. The van der Waals surface area contributed by atoms with Crippen LogP contribution in [0.5, 0.6) is 0 Å². The van der Waals surface area contributed by atoms with Crippen molar-refractivity contribution in [3.8, 4) is 0 Å². The number of hydrogen-bond donors (Lipinski definition) is 2. The molecule has 21 heavy (non-hydrogen) atoms. The number of aromatic nitrogens is 2. The van der Waals surface area contributed by atoms with Crippen molar-refractivity contribution in [1.29, 1.82) is 0 Å². The van der Waals surface area contributed by atoms with Gasteiger partial charge in [-0.25, -0.2) is 9.78 Å². The highest BCUT2D eigenvalue weighted by atomic mass is 16.4. The van der Waals surface area contributed by atoms with Crippen molar-refractivity contribution >= 4 is 11.8 Å². The molecule has 0 bridgehead atoms. The molecule has 0 amide bonds. The Hall–Kier alpha value is -2.43. The van der Waals surface area contributed by atoms with Crippen molar-refractivity contribution < 1.29 is 9.90 Å². The van der Waals surface area contributed by atoms with Gasteiger partial charge < -0.3 is 10.4 Å². The molecule has 5 heteroatoms. The first-order valence-corrected chi connectivity index (χ1v) is 7.06. The topological polar surface area (TPSA) is 75.1 Å². The van der Waals surface area contributed by atoms with Crippen LogP contribution in [-0.4, -0.2) is 27.6 Å². The standard InChI is InChI=1S/C16H19N3O2/c1-2-4-14-9-13(16(20)21)10-15(19-14)18-8-6-12-5-3-7-17-11-12/h3,5,7,9-11H,2,4,6,8H2,1H3,(H,18,19)(H,20,21). The van der Waals surface area contributed by atoms with Crippen LogP contribution in [0.4, 0.5) is 5.82 Å². The molecule has 110 valence electrons. The molecule has 2 N–H and O–H groups in total. The number of aryl methyl sites for hydroxylation is 1. The number of anilines is 1. The van der Waals surface area contributed by atoms with Gasteiger partial charge in [0.1, 0.15) is 5.82 Å². The van der Waals surface area contributed by atoms with Crippen molar-refractivity contribution in [2.24, 2.45) is 0 Å². The maximum atomic E-state index is 11.1. The van der Waals surface area contributed by atoms with E-state index in [1.165, 1.54) is 0 Å². The fraction of sp³-hybridized carbons (Fsp3) is 0.312. The van der Waals surface area contributed by atoms with Crippen LogP contribution in [0, 0.1) is 0 Å². The molecule has 0 unspecified atom stereocenters. The van der Waals surface area contributed by atoms with E-state index in [0.717, 1.165) is 30.5 Å². The quantitative estimate of drug-likeness (QED) is 0.818. The van der Waals surface area contributed by atoms with Crippen molar-refractivity contribution in [1.82, 2.24) is 9.97 Å². The molecule has 0 radical (unpaired) electrons. The summed E-state index contributed by atoms with van der Waals surface area (Å²) in [5, 5.41) is 12.3. The number of rotatable bonds is 7. The van der Waals surface area contributed by atoms with E-state index in [9.17, 15) is 4.79 Å². The Morgan fingerprint density at radius 3 is 2.86 bits per heavy atom. The van der Waals surface area contributed by atoms with Gasteiger partial charge in [-0.05, 0) is 36.6 Å². The van der Waals surface area contributed by atoms with Gasteiger partial charge >= 0.3 is 5.97 Å². The summed E-state index contributed by atoms with van der Waals surface area (Å²) < 4.78 is 0. The summed E-state index contributed by atoms with van der Waals surface area (Å²) in [6.45, 7) is 2.73. The van der Waals surface area contributed by atoms with Crippen molar-refractivity contribution in [3.63, 3.8) is 0 Å². The van der Waals surface area contributed by atoms with Gasteiger partial charge in [-0.2, -0.15) is 0 Å². The third-order valence-electron chi connectivity index (χ3n) is 3.07. The molecule has 0 spiro atoms. The molecular weight excluding hydrogens is 266 g/mol. The molecule has 2 rings (SSSR count). The molecule has 0 aliphatic carbocycles. The monoisotopic (exact) mass is 285 g/mol. The summed E-state index contributed by atoms with van der Waals surface area (Å²) >= 11 is 0. The van der Waals surface area contributed by atoms with Crippen LogP contribution in [0.2, 0.25) is 0 Å². The average Bonchev–Trinajstić information content (AvgIpc) is 2.48.